The molecule has 0 radical (unpaired) electrons. The van der Waals surface area contributed by atoms with E-state index >= 15 is 0 Å². The van der Waals surface area contributed by atoms with E-state index in [0.29, 0.717) is 23.9 Å². The number of ether oxygens (including phenoxy) is 2. The van der Waals surface area contributed by atoms with Crippen LogP contribution in [0.15, 0.2) is 42.5 Å². The molecule has 3 nitrogen and oxygen atoms in total. The number of halogens is 1. The predicted octanol–water partition coefficient (Wildman–Crippen LogP) is 4.82. The number of rotatable bonds is 9. The first-order valence-corrected chi connectivity index (χ1v) is 8.36. The first-order valence-electron chi connectivity index (χ1n) is 7.98. The number of nitrogens with one attached hydrogen (secondary N) is 1. The zero-order chi connectivity index (χ0) is 16.5. The second-order valence-corrected chi connectivity index (χ2v) is 5.84. The lowest BCUT2D eigenvalue weighted by atomic mass is 10.1. The van der Waals surface area contributed by atoms with E-state index in [1.54, 1.807) is 13.2 Å². The molecule has 0 atom stereocenters. The van der Waals surface area contributed by atoms with Crippen molar-refractivity contribution in [2.75, 3.05) is 13.7 Å². The van der Waals surface area contributed by atoms with Gasteiger partial charge >= 0.3 is 0 Å². The van der Waals surface area contributed by atoms with Gasteiger partial charge in [-0.25, -0.2) is 0 Å². The second-order valence-electron chi connectivity index (χ2n) is 5.40. The van der Waals surface area contributed by atoms with Crippen LogP contribution in [0, 0.1) is 0 Å². The van der Waals surface area contributed by atoms with Crippen molar-refractivity contribution >= 4 is 11.6 Å². The predicted molar refractivity (Wildman–Crippen MR) is 95.4 cm³/mol. The van der Waals surface area contributed by atoms with Crippen LogP contribution >= 0.6 is 11.6 Å². The maximum absolute atomic E-state index is 6.19. The molecule has 0 saturated heterocycles. The molecule has 2 aromatic rings. The summed E-state index contributed by atoms with van der Waals surface area (Å²) in [5, 5.41) is 4.08. The lowest BCUT2D eigenvalue weighted by Gasteiger charge is -2.16. The molecule has 4 heteroatoms. The van der Waals surface area contributed by atoms with Crippen molar-refractivity contribution < 1.29 is 9.47 Å². The molecular formula is C19H24ClNO2. The van der Waals surface area contributed by atoms with Crippen LogP contribution < -0.4 is 14.8 Å². The van der Waals surface area contributed by atoms with Crippen LogP contribution in [-0.4, -0.2) is 13.7 Å². The minimum Gasteiger partial charge on any atom is -0.493 e. The normalized spacial score (nSPS) is 10.6. The highest BCUT2D eigenvalue weighted by Gasteiger charge is 2.13. The summed E-state index contributed by atoms with van der Waals surface area (Å²) in [6.45, 7) is 4.36. The molecule has 0 fully saturated rings. The molecule has 0 aliphatic rings. The van der Waals surface area contributed by atoms with Crippen LogP contribution in [0.25, 0.3) is 0 Å². The van der Waals surface area contributed by atoms with Gasteiger partial charge in [0.1, 0.15) is 6.61 Å². The SMILES string of the molecule is CCCCNCc1cc(Cl)cc(OC)c1OCc1ccccc1. The summed E-state index contributed by atoms with van der Waals surface area (Å²) in [4.78, 5) is 0. The van der Waals surface area contributed by atoms with Crippen molar-refractivity contribution in [1.29, 1.82) is 0 Å². The van der Waals surface area contributed by atoms with Gasteiger partial charge < -0.3 is 14.8 Å². The van der Waals surface area contributed by atoms with Crippen molar-refractivity contribution in [3.05, 3.63) is 58.6 Å². The third-order valence-electron chi connectivity index (χ3n) is 3.57. The molecule has 0 aromatic heterocycles. The molecule has 2 aromatic carbocycles. The molecule has 0 aliphatic carbocycles. The zero-order valence-corrected chi connectivity index (χ0v) is 14.5. The maximum atomic E-state index is 6.19. The highest BCUT2D eigenvalue weighted by Crippen LogP contribution is 2.35. The minimum absolute atomic E-state index is 0.501. The van der Waals surface area contributed by atoms with Crippen LogP contribution in [0.1, 0.15) is 30.9 Å². The van der Waals surface area contributed by atoms with E-state index in [0.717, 1.165) is 29.8 Å². The van der Waals surface area contributed by atoms with Gasteiger partial charge in [0.2, 0.25) is 0 Å². The van der Waals surface area contributed by atoms with Crippen LogP contribution in [0.5, 0.6) is 11.5 Å². The quantitative estimate of drug-likeness (QED) is 0.667. The fraction of sp³-hybridized carbons (Fsp3) is 0.368. The molecule has 0 unspecified atom stereocenters. The van der Waals surface area contributed by atoms with E-state index in [9.17, 15) is 0 Å². The van der Waals surface area contributed by atoms with Crippen molar-refractivity contribution in [2.45, 2.75) is 32.9 Å². The molecule has 2 rings (SSSR count). The number of hydrogen-bond donors (Lipinski definition) is 1. The molecule has 0 amide bonds. The molecule has 0 heterocycles. The summed E-state index contributed by atoms with van der Waals surface area (Å²) in [7, 11) is 1.63. The van der Waals surface area contributed by atoms with E-state index in [-0.39, 0.29) is 0 Å². The van der Waals surface area contributed by atoms with E-state index in [1.165, 1.54) is 6.42 Å². The monoisotopic (exact) mass is 333 g/mol. The maximum Gasteiger partial charge on any atom is 0.166 e. The molecule has 124 valence electrons. The highest BCUT2D eigenvalue weighted by atomic mass is 35.5. The van der Waals surface area contributed by atoms with Gasteiger partial charge in [-0.1, -0.05) is 55.3 Å². The lowest BCUT2D eigenvalue weighted by Crippen LogP contribution is -2.15. The third-order valence-corrected chi connectivity index (χ3v) is 3.78. The summed E-state index contributed by atoms with van der Waals surface area (Å²) >= 11 is 6.19. The third kappa shape index (κ3) is 5.45. The highest BCUT2D eigenvalue weighted by molar-refractivity contribution is 6.30. The number of hydrogen-bond acceptors (Lipinski definition) is 3. The number of benzene rings is 2. The largest absolute Gasteiger partial charge is 0.493 e. The summed E-state index contributed by atoms with van der Waals surface area (Å²) in [6, 6.07) is 13.8. The summed E-state index contributed by atoms with van der Waals surface area (Å²) in [5.74, 6) is 1.42. The Morgan fingerprint density at radius 3 is 2.61 bits per heavy atom. The molecule has 0 spiro atoms. The summed E-state index contributed by atoms with van der Waals surface area (Å²) in [6.07, 6.45) is 2.32. The average molecular weight is 334 g/mol. The fourth-order valence-electron chi connectivity index (χ4n) is 2.32. The van der Waals surface area contributed by atoms with Gasteiger partial charge in [0, 0.05) is 23.2 Å². The van der Waals surface area contributed by atoms with Crippen LogP contribution in [0.4, 0.5) is 0 Å². The van der Waals surface area contributed by atoms with Gasteiger partial charge in [0.15, 0.2) is 11.5 Å². The molecular weight excluding hydrogens is 310 g/mol. The first kappa shape index (κ1) is 17.6. The van der Waals surface area contributed by atoms with Crippen LogP contribution in [0.3, 0.4) is 0 Å². The summed E-state index contributed by atoms with van der Waals surface area (Å²) < 4.78 is 11.5. The number of unbranched alkanes of at least 4 members (excludes halogenated alkanes) is 1. The Morgan fingerprint density at radius 1 is 1.13 bits per heavy atom. The standard InChI is InChI=1S/C19H24ClNO2/c1-3-4-10-21-13-16-11-17(20)12-18(22-2)19(16)23-14-15-8-6-5-7-9-15/h5-9,11-12,21H,3-4,10,13-14H2,1-2H3. The van der Waals surface area contributed by atoms with Gasteiger partial charge in [0.05, 0.1) is 7.11 Å². The van der Waals surface area contributed by atoms with E-state index < -0.39 is 0 Å². The minimum atomic E-state index is 0.501. The van der Waals surface area contributed by atoms with Crippen molar-refractivity contribution in [1.82, 2.24) is 5.32 Å². The Labute approximate surface area is 143 Å². The van der Waals surface area contributed by atoms with E-state index in [1.807, 2.05) is 36.4 Å². The Bertz CT molecular complexity index is 602. The summed E-state index contributed by atoms with van der Waals surface area (Å²) in [5.41, 5.74) is 2.13. The lowest BCUT2D eigenvalue weighted by molar-refractivity contribution is 0.280. The first-order chi connectivity index (χ1) is 11.2. The Hall–Kier alpha value is -1.71. The Kier molecular flexibility index (Phi) is 7.24. The van der Waals surface area contributed by atoms with E-state index in [2.05, 4.69) is 12.2 Å². The van der Waals surface area contributed by atoms with Crippen LogP contribution in [-0.2, 0) is 13.2 Å². The van der Waals surface area contributed by atoms with Gasteiger partial charge in [-0.2, -0.15) is 0 Å². The Balaban J connectivity index is 2.13. The van der Waals surface area contributed by atoms with Gasteiger partial charge in [0.25, 0.3) is 0 Å². The fourth-order valence-corrected chi connectivity index (χ4v) is 2.55. The van der Waals surface area contributed by atoms with Crippen molar-refractivity contribution in [3.8, 4) is 11.5 Å². The smallest absolute Gasteiger partial charge is 0.166 e. The van der Waals surface area contributed by atoms with Crippen LogP contribution in [0.2, 0.25) is 5.02 Å². The Morgan fingerprint density at radius 2 is 1.91 bits per heavy atom. The molecule has 1 N–H and O–H groups in total. The van der Waals surface area contributed by atoms with Crippen molar-refractivity contribution in [3.63, 3.8) is 0 Å². The van der Waals surface area contributed by atoms with Gasteiger partial charge in [-0.15, -0.1) is 0 Å². The second kappa shape index (κ2) is 9.43. The van der Waals surface area contributed by atoms with Gasteiger partial charge in [-0.3, -0.25) is 0 Å². The average Bonchev–Trinajstić information content (AvgIpc) is 2.58. The molecule has 0 bridgehead atoms. The van der Waals surface area contributed by atoms with E-state index in [4.69, 9.17) is 21.1 Å². The van der Waals surface area contributed by atoms with Gasteiger partial charge in [-0.05, 0) is 24.6 Å². The molecule has 23 heavy (non-hydrogen) atoms. The topological polar surface area (TPSA) is 30.5 Å². The molecule has 0 aliphatic heterocycles. The molecule has 0 saturated carbocycles. The number of methoxy groups -OCH3 is 1. The zero-order valence-electron chi connectivity index (χ0n) is 13.8. The van der Waals surface area contributed by atoms with Crippen molar-refractivity contribution in [2.24, 2.45) is 0 Å².